The van der Waals surface area contributed by atoms with Crippen molar-refractivity contribution in [2.75, 3.05) is 64.8 Å². The molecule has 0 aliphatic heterocycles. The molecule has 0 saturated carbocycles. The Morgan fingerprint density at radius 2 is 1.75 bits per heavy atom. The molecule has 0 aliphatic rings. The van der Waals surface area contributed by atoms with E-state index in [1.54, 1.807) is 6.07 Å². The number of hydrogen-bond donors (Lipinski definition) is 3. The Labute approximate surface area is 245 Å². The number of amides is 1. The Morgan fingerprint density at radius 3 is 2.30 bits per heavy atom. The van der Waals surface area contributed by atoms with Gasteiger partial charge in [-0.2, -0.15) is 0 Å². The van der Waals surface area contributed by atoms with E-state index in [0.29, 0.717) is 48.9 Å². The van der Waals surface area contributed by atoms with E-state index in [0.717, 1.165) is 5.56 Å². The summed E-state index contributed by atoms with van der Waals surface area (Å²) in [6.45, 7) is 12.2. The standard InChI is InChI=1S/C20H28BrN5O5.C5H10O2.C2H6/c1-26(2)13-14-4-3-5-15(18(14)31-11-10-30-9-8-29-7-6-27)24-20(28)17-19(22)23-12-16(21)25-17;1-5(2,3)7-4-6;1-2/h3-5,12,27H,6-11,13H2,1-2H3,(H2,22,23)(H,24,28);4H,1-3H3;1-2H3. The number of benzene rings is 1. The van der Waals surface area contributed by atoms with Gasteiger partial charge in [0.1, 0.15) is 22.6 Å². The highest BCUT2D eigenvalue weighted by Gasteiger charge is 2.18. The highest BCUT2D eigenvalue weighted by Crippen LogP contribution is 2.30. The Bertz CT molecular complexity index is 1000. The van der Waals surface area contributed by atoms with Gasteiger partial charge in [-0.05, 0) is 56.9 Å². The summed E-state index contributed by atoms with van der Waals surface area (Å²) in [6.07, 6.45) is 1.42. The van der Waals surface area contributed by atoms with E-state index >= 15 is 0 Å². The number of carbonyl (C=O) groups is 2. The molecule has 0 unspecified atom stereocenters. The lowest BCUT2D eigenvalue weighted by Gasteiger charge is -2.19. The number of nitrogens with two attached hydrogens (primary N) is 1. The number of para-hydroxylation sites is 1. The van der Waals surface area contributed by atoms with Crippen molar-refractivity contribution in [2.24, 2.45) is 0 Å². The average molecular weight is 631 g/mol. The largest absolute Gasteiger partial charge is 0.489 e. The SMILES string of the molecule is CC.CC(C)(C)OC=O.CN(C)Cc1cccc(NC(=O)c2nc(Br)cnc2N)c1OCCOCCOCCO. The zero-order chi connectivity index (χ0) is 30.6. The predicted octanol–water partition coefficient (Wildman–Crippen LogP) is 3.52. The van der Waals surface area contributed by atoms with Gasteiger partial charge >= 0.3 is 0 Å². The van der Waals surface area contributed by atoms with Crippen LogP contribution in [0.3, 0.4) is 0 Å². The van der Waals surface area contributed by atoms with Crippen LogP contribution in [0.1, 0.15) is 50.7 Å². The molecule has 2 rings (SSSR count). The number of aromatic nitrogens is 2. The number of nitrogens with zero attached hydrogens (tertiary/aromatic N) is 3. The van der Waals surface area contributed by atoms with Crippen LogP contribution in [0.15, 0.2) is 29.0 Å². The number of aliphatic hydroxyl groups is 1. The van der Waals surface area contributed by atoms with Crippen LogP contribution in [-0.4, -0.2) is 91.7 Å². The molecule has 0 bridgehead atoms. The van der Waals surface area contributed by atoms with Gasteiger partial charge in [-0.15, -0.1) is 0 Å². The molecular formula is C27H44BrN5O7. The number of hydrogen-bond acceptors (Lipinski definition) is 11. The third-order valence-electron chi connectivity index (χ3n) is 4.30. The second-order valence-electron chi connectivity index (χ2n) is 9.04. The number of ether oxygens (including phenoxy) is 4. The van der Waals surface area contributed by atoms with Crippen molar-refractivity contribution in [1.82, 2.24) is 14.9 Å². The quantitative estimate of drug-likeness (QED) is 0.207. The van der Waals surface area contributed by atoms with Gasteiger partial charge in [0.05, 0.1) is 44.9 Å². The molecule has 2 aromatic rings. The van der Waals surface area contributed by atoms with Crippen LogP contribution in [0, 0.1) is 0 Å². The van der Waals surface area contributed by atoms with Crippen LogP contribution in [0.4, 0.5) is 11.5 Å². The zero-order valence-corrected chi connectivity index (χ0v) is 26.1. The lowest BCUT2D eigenvalue weighted by Crippen LogP contribution is -2.19. The van der Waals surface area contributed by atoms with E-state index in [9.17, 15) is 9.59 Å². The van der Waals surface area contributed by atoms with E-state index in [4.69, 9.17) is 25.1 Å². The number of halogens is 1. The first-order valence-corrected chi connectivity index (χ1v) is 13.6. The first kappa shape index (κ1) is 37.2. The topological polar surface area (TPSA) is 158 Å². The summed E-state index contributed by atoms with van der Waals surface area (Å²) in [6, 6.07) is 5.52. The molecule has 13 heteroatoms. The maximum absolute atomic E-state index is 12.7. The molecule has 1 amide bonds. The van der Waals surface area contributed by atoms with Crippen molar-refractivity contribution < 1.29 is 33.6 Å². The van der Waals surface area contributed by atoms with Gasteiger partial charge in [-0.3, -0.25) is 9.59 Å². The van der Waals surface area contributed by atoms with Gasteiger partial charge in [0.15, 0.2) is 11.5 Å². The second kappa shape index (κ2) is 21.0. The summed E-state index contributed by atoms with van der Waals surface area (Å²) in [5.41, 5.74) is 6.90. The van der Waals surface area contributed by atoms with Crippen molar-refractivity contribution in [1.29, 1.82) is 0 Å². The minimum Gasteiger partial charge on any atom is -0.489 e. The number of nitrogen functional groups attached to an aromatic ring is 1. The molecule has 0 aliphatic carbocycles. The van der Waals surface area contributed by atoms with Crippen LogP contribution in [-0.2, 0) is 25.5 Å². The molecule has 0 radical (unpaired) electrons. The van der Waals surface area contributed by atoms with Crippen LogP contribution in [0.5, 0.6) is 5.75 Å². The molecule has 1 aromatic heterocycles. The molecule has 1 heterocycles. The van der Waals surface area contributed by atoms with Crippen LogP contribution < -0.4 is 15.8 Å². The van der Waals surface area contributed by atoms with Crippen molar-refractivity contribution >= 4 is 39.8 Å². The maximum atomic E-state index is 12.7. The summed E-state index contributed by atoms with van der Waals surface area (Å²) in [7, 11) is 3.89. The maximum Gasteiger partial charge on any atom is 0.293 e. The third-order valence-corrected chi connectivity index (χ3v) is 4.68. The molecule has 0 saturated heterocycles. The van der Waals surface area contributed by atoms with E-state index in [1.165, 1.54) is 6.20 Å². The molecule has 0 atom stereocenters. The zero-order valence-electron chi connectivity index (χ0n) is 24.5. The van der Waals surface area contributed by atoms with E-state index in [2.05, 4.69) is 36.0 Å². The smallest absolute Gasteiger partial charge is 0.293 e. The molecule has 0 fully saturated rings. The summed E-state index contributed by atoms with van der Waals surface area (Å²) in [5.74, 6) is 0.0890. The minimum atomic E-state index is -0.490. The average Bonchev–Trinajstić information content (AvgIpc) is 2.89. The summed E-state index contributed by atoms with van der Waals surface area (Å²) >= 11 is 3.20. The molecule has 226 valence electrons. The lowest BCUT2D eigenvalue weighted by atomic mass is 10.1. The van der Waals surface area contributed by atoms with Crippen molar-refractivity contribution in [3.05, 3.63) is 40.3 Å². The minimum absolute atomic E-state index is 0.0164. The first-order valence-electron chi connectivity index (χ1n) is 12.8. The van der Waals surface area contributed by atoms with Crippen molar-refractivity contribution in [3.63, 3.8) is 0 Å². The van der Waals surface area contributed by atoms with Gasteiger partial charge in [-0.25, -0.2) is 9.97 Å². The van der Waals surface area contributed by atoms with Gasteiger partial charge in [0, 0.05) is 12.1 Å². The first-order chi connectivity index (χ1) is 19.0. The Morgan fingerprint density at radius 1 is 1.12 bits per heavy atom. The number of rotatable bonds is 14. The molecule has 40 heavy (non-hydrogen) atoms. The van der Waals surface area contributed by atoms with Crippen LogP contribution >= 0.6 is 15.9 Å². The number of nitrogens with one attached hydrogen (secondary N) is 1. The van der Waals surface area contributed by atoms with Crippen molar-refractivity contribution in [3.8, 4) is 5.75 Å². The van der Waals surface area contributed by atoms with Gasteiger partial charge < -0.3 is 40.0 Å². The summed E-state index contributed by atoms with van der Waals surface area (Å²) in [5, 5.41) is 11.5. The van der Waals surface area contributed by atoms with Crippen LogP contribution in [0.2, 0.25) is 0 Å². The van der Waals surface area contributed by atoms with E-state index < -0.39 is 5.91 Å². The van der Waals surface area contributed by atoms with E-state index in [1.807, 2.05) is 65.7 Å². The van der Waals surface area contributed by atoms with Gasteiger partial charge in [0.2, 0.25) is 0 Å². The van der Waals surface area contributed by atoms with E-state index in [-0.39, 0.29) is 36.9 Å². The van der Waals surface area contributed by atoms with Crippen molar-refractivity contribution in [2.45, 2.75) is 46.8 Å². The Balaban J connectivity index is 0.00000147. The molecule has 0 spiro atoms. The summed E-state index contributed by atoms with van der Waals surface area (Å²) < 4.78 is 21.5. The fourth-order valence-electron chi connectivity index (χ4n) is 2.78. The van der Waals surface area contributed by atoms with Gasteiger partial charge in [0.25, 0.3) is 12.4 Å². The highest BCUT2D eigenvalue weighted by atomic mass is 79.9. The third kappa shape index (κ3) is 16.3. The summed E-state index contributed by atoms with van der Waals surface area (Å²) in [4.78, 5) is 32.4. The fraction of sp³-hybridized carbons (Fsp3) is 0.556. The molecule has 12 nitrogen and oxygen atoms in total. The molecule has 4 N–H and O–H groups in total. The normalized spacial score (nSPS) is 10.6. The van der Waals surface area contributed by atoms with Gasteiger partial charge in [-0.1, -0.05) is 26.0 Å². The Hall–Kier alpha value is -2.84. The number of aliphatic hydroxyl groups excluding tert-OH is 1. The number of anilines is 2. The Kier molecular flexibility index (Phi) is 19.5. The monoisotopic (exact) mass is 629 g/mol. The fourth-order valence-corrected chi connectivity index (χ4v) is 3.06. The highest BCUT2D eigenvalue weighted by molar-refractivity contribution is 9.10. The lowest BCUT2D eigenvalue weighted by molar-refractivity contribution is -0.138. The second-order valence-corrected chi connectivity index (χ2v) is 9.85. The molecule has 1 aromatic carbocycles. The molecular weight excluding hydrogens is 586 g/mol. The van der Waals surface area contributed by atoms with Crippen LogP contribution in [0.25, 0.3) is 0 Å². The predicted molar refractivity (Wildman–Crippen MR) is 158 cm³/mol. The number of carbonyl (C=O) groups excluding carboxylic acids is 2.